The Hall–Kier alpha value is -1.35. The molecule has 0 aliphatic carbocycles. The molecule has 2 heterocycles. The summed E-state index contributed by atoms with van der Waals surface area (Å²) in [5.74, 6) is 0.823. The van der Waals surface area contributed by atoms with Crippen LogP contribution in [-0.2, 0) is 4.79 Å². The monoisotopic (exact) mass is 300 g/mol. The first-order chi connectivity index (χ1) is 10.7. The Bertz CT molecular complexity index is 499. The second-order valence-corrected chi connectivity index (χ2v) is 7.06. The third kappa shape index (κ3) is 3.05. The maximum absolute atomic E-state index is 12.7. The molecule has 0 spiro atoms. The lowest BCUT2D eigenvalue weighted by Crippen LogP contribution is -2.47. The predicted molar refractivity (Wildman–Crippen MR) is 89.8 cm³/mol. The van der Waals surface area contributed by atoms with Crippen LogP contribution in [0.2, 0.25) is 0 Å². The van der Waals surface area contributed by atoms with E-state index in [4.69, 9.17) is 0 Å². The van der Waals surface area contributed by atoms with Crippen molar-refractivity contribution in [2.45, 2.75) is 57.5 Å². The van der Waals surface area contributed by atoms with Gasteiger partial charge < -0.3 is 10.2 Å². The average Bonchev–Trinajstić information content (AvgIpc) is 2.84. The molecule has 2 fully saturated rings. The van der Waals surface area contributed by atoms with Crippen molar-refractivity contribution in [3.05, 3.63) is 35.9 Å². The Morgan fingerprint density at radius 3 is 2.68 bits per heavy atom. The van der Waals surface area contributed by atoms with Crippen LogP contribution < -0.4 is 5.32 Å². The summed E-state index contributed by atoms with van der Waals surface area (Å²) < 4.78 is 0. The molecule has 2 aliphatic rings. The Labute approximate surface area is 134 Å². The molecule has 3 heteroatoms. The molecule has 2 saturated heterocycles. The number of amides is 1. The lowest BCUT2D eigenvalue weighted by atomic mass is 9.88. The zero-order valence-corrected chi connectivity index (χ0v) is 13.8. The zero-order valence-electron chi connectivity index (χ0n) is 13.8. The van der Waals surface area contributed by atoms with Crippen LogP contribution in [0, 0.1) is 5.92 Å². The van der Waals surface area contributed by atoms with E-state index in [9.17, 15) is 4.79 Å². The van der Waals surface area contributed by atoms with E-state index >= 15 is 0 Å². The van der Waals surface area contributed by atoms with Crippen LogP contribution in [0.1, 0.15) is 51.0 Å². The Balaban J connectivity index is 1.89. The normalized spacial score (nSPS) is 29.0. The SMILES string of the molecule is CC(C)C(=O)N1C[C@@H](c2ccccc2)[C@@H]2NCCCCC[C@@H]21. The first-order valence-electron chi connectivity index (χ1n) is 8.77. The van der Waals surface area contributed by atoms with Gasteiger partial charge in [0.25, 0.3) is 0 Å². The smallest absolute Gasteiger partial charge is 0.225 e. The molecule has 120 valence electrons. The third-order valence-corrected chi connectivity index (χ3v) is 5.20. The molecule has 22 heavy (non-hydrogen) atoms. The molecule has 0 bridgehead atoms. The number of carbonyl (C=O) groups is 1. The van der Waals surface area contributed by atoms with Gasteiger partial charge in [-0.1, -0.05) is 57.0 Å². The van der Waals surface area contributed by atoms with Crippen molar-refractivity contribution in [2.75, 3.05) is 13.1 Å². The van der Waals surface area contributed by atoms with Crippen molar-refractivity contribution in [1.82, 2.24) is 10.2 Å². The second-order valence-electron chi connectivity index (χ2n) is 7.06. The van der Waals surface area contributed by atoms with Crippen molar-refractivity contribution in [2.24, 2.45) is 5.92 Å². The van der Waals surface area contributed by atoms with E-state index in [2.05, 4.69) is 40.5 Å². The molecule has 1 amide bonds. The van der Waals surface area contributed by atoms with Crippen LogP contribution in [0.5, 0.6) is 0 Å². The predicted octanol–water partition coefficient (Wildman–Crippen LogP) is 3.17. The lowest BCUT2D eigenvalue weighted by Gasteiger charge is -2.32. The highest BCUT2D eigenvalue weighted by atomic mass is 16.2. The Kier molecular flexibility index (Phi) is 4.82. The standard InChI is InChI=1S/C19H28N2O/c1-14(2)19(22)21-13-16(15-9-5-3-6-10-15)18-17(21)11-7-4-8-12-20-18/h3,5-6,9-10,14,16-18,20H,4,7-8,11-13H2,1-2H3/t16-,17-,18-/m0/s1. The molecule has 0 unspecified atom stereocenters. The van der Waals surface area contributed by atoms with Crippen molar-refractivity contribution in [1.29, 1.82) is 0 Å². The van der Waals surface area contributed by atoms with Gasteiger partial charge in [-0.2, -0.15) is 0 Å². The maximum Gasteiger partial charge on any atom is 0.225 e. The molecule has 0 saturated carbocycles. The van der Waals surface area contributed by atoms with Gasteiger partial charge in [-0.05, 0) is 24.9 Å². The van der Waals surface area contributed by atoms with Crippen molar-refractivity contribution in [3.8, 4) is 0 Å². The van der Waals surface area contributed by atoms with E-state index in [1.54, 1.807) is 0 Å². The Morgan fingerprint density at radius 2 is 1.95 bits per heavy atom. The fourth-order valence-corrected chi connectivity index (χ4v) is 4.06. The van der Waals surface area contributed by atoms with Gasteiger partial charge >= 0.3 is 0 Å². The molecule has 1 aromatic carbocycles. The van der Waals surface area contributed by atoms with Gasteiger partial charge in [0.05, 0.1) is 0 Å². The fourth-order valence-electron chi connectivity index (χ4n) is 4.06. The summed E-state index contributed by atoms with van der Waals surface area (Å²) >= 11 is 0. The minimum Gasteiger partial charge on any atom is -0.337 e. The van der Waals surface area contributed by atoms with Gasteiger partial charge in [-0.25, -0.2) is 0 Å². The third-order valence-electron chi connectivity index (χ3n) is 5.20. The van der Waals surface area contributed by atoms with Crippen LogP contribution in [0.3, 0.4) is 0 Å². The molecule has 3 atom stereocenters. The van der Waals surface area contributed by atoms with Crippen molar-refractivity contribution in [3.63, 3.8) is 0 Å². The van der Waals surface area contributed by atoms with Crippen LogP contribution in [0.25, 0.3) is 0 Å². The summed E-state index contributed by atoms with van der Waals surface area (Å²) in [5.41, 5.74) is 1.37. The van der Waals surface area contributed by atoms with Gasteiger partial charge in [0.1, 0.15) is 0 Å². The molecule has 3 nitrogen and oxygen atoms in total. The van der Waals surface area contributed by atoms with Crippen LogP contribution in [-0.4, -0.2) is 36.0 Å². The number of rotatable bonds is 2. The number of benzene rings is 1. The molecule has 1 aromatic rings. The summed E-state index contributed by atoms with van der Waals surface area (Å²) in [6.45, 7) is 5.98. The quantitative estimate of drug-likeness (QED) is 0.910. The van der Waals surface area contributed by atoms with Gasteiger partial charge in [0, 0.05) is 30.5 Å². The zero-order chi connectivity index (χ0) is 15.5. The fraction of sp³-hybridized carbons (Fsp3) is 0.632. The molecular weight excluding hydrogens is 272 g/mol. The summed E-state index contributed by atoms with van der Waals surface area (Å²) in [5, 5.41) is 3.76. The van der Waals surface area contributed by atoms with Gasteiger partial charge in [-0.3, -0.25) is 4.79 Å². The number of hydrogen-bond donors (Lipinski definition) is 1. The molecule has 3 rings (SSSR count). The van der Waals surface area contributed by atoms with Crippen LogP contribution in [0.15, 0.2) is 30.3 Å². The van der Waals surface area contributed by atoms with E-state index in [0.29, 0.717) is 23.9 Å². The van der Waals surface area contributed by atoms with E-state index in [-0.39, 0.29) is 5.92 Å². The summed E-state index contributed by atoms with van der Waals surface area (Å²) in [7, 11) is 0. The first kappa shape index (κ1) is 15.5. The average molecular weight is 300 g/mol. The second kappa shape index (κ2) is 6.82. The molecule has 1 N–H and O–H groups in total. The highest BCUT2D eigenvalue weighted by molar-refractivity contribution is 5.79. The highest BCUT2D eigenvalue weighted by Gasteiger charge is 2.44. The number of likely N-dealkylation sites (tertiary alicyclic amines) is 1. The highest BCUT2D eigenvalue weighted by Crippen LogP contribution is 2.36. The summed E-state index contributed by atoms with van der Waals surface area (Å²) in [6.07, 6.45) is 4.91. The van der Waals surface area contributed by atoms with Gasteiger partial charge in [0.2, 0.25) is 5.91 Å². The van der Waals surface area contributed by atoms with Gasteiger partial charge in [0.15, 0.2) is 0 Å². The number of nitrogens with zero attached hydrogens (tertiary/aromatic N) is 1. The first-order valence-corrected chi connectivity index (χ1v) is 8.77. The minimum absolute atomic E-state index is 0.0839. The molecule has 2 aliphatic heterocycles. The number of hydrogen-bond acceptors (Lipinski definition) is 2. The van der Waals surface area contributed by atoms with Crippen LogP contribution >= 0.6 is 0 Å². The van der Waals surface area contributed by atoms with E-state index in [1.807, 2.05) is 13.8 Å². The Morgan fingerprint density at radius 1 is 1.18 bits per heavy atom. The topological polar surface area (TPSA) is 32.3 Å². The molecule has 0 aromatic heterocycles. The maximum atomic E-state index is 12.7. The van der Waals surface area contributed by atoms with Crippen LogP contribution in [0.4, 0.5) is 0 Å². The van der Waals surface area contributed by atoms with Crippen molar-refractivity contribution < 1.29 is 4.79 Å². The minimum atomic E-state index is 0.0839. The van der Waals surface area contributed by atoms with E-state index < -0.39 is 0 Å². The summed E-state index contributed by atoms with van der Waals surface area (Å²) in [6, 6.07) is 11.5. The number of nitrogens with one attached hydrogen (secondary N) is 1. The number of fused-ring (bicyclic) bond motifs is 1. The van der Waals surface area contributed by atoms with Gasteiger partial charge in [-0.15, -0.1) is 0 Å². The largest absolute Gasteiger partial charge is 0.337 e. The lowest BCUT2D eigenvalue weighted by molar-refractivity contribution is -0.135. The van der Waals surface area contributed by atoms with Crippen molar-refractivity contribution >= 4 is 5.91 Å². The molecular formula is C19H28N2O. The van der Waals surface area contributed by atoms with E-state index in [1.165, 1.54) is 24.8 Å². The molecule has 0 radical (unpaired) electrons. The van der Waals surface area contributed by atoms with E-state index in [0.717, 1.165) is 19.5 Å². The number of carbonyl (C=O) groups excluding carboxylic acids is 1. The summed E-state index contributed by atoms with van der Waals surface area (Å²) in [4.78, 5) is 14.8.